The maximum Gasteiger partial charge on any atom is 0.261 e. The molecule has 0 atom stereocenters. The van der Waals surface area contributed by atoms with E-state index >= 15 is 0 Å². The molecule has 0 bridgehead atoms. The molecule has 0 saturated heterocycles. The zero-order valence-electron chi connectivity index (χ0n) is 23.2. The van der Waals surface area contributed by atoms with Crippen LogP contribution in [0.5, 0.6) is 0 Å². The molecule has 0 radical (unpaired) electrons. The Bertz CT molecular complexity index is 1130. The Morgan fingerprint density at radius 1 is 0.575 bits per heavy atom. The minimum Gasteiger partial charge on any atom is -0.317 e. The summed E-state index contributed by atoms with van der Waals surface area (Å²) in [6, 6.07) is 14.0. The van der Waals surface area contributed by atoms with Gasteiger partial charge in [0.1, 0.15) is 0 Å². The highest BCUT2D eigenvalue weighted by Gasteiger charge is 2.38. The summed E-state index contributed by atoms with van der Waals surface area (Å²) in [5, 5.41) is 6.89. The first kappa shape index (κ1) is 33.8. The van der Waals surface area contributed by atoms with E-state index in [4.69, 9.17) is 0 Å². The van der Waals surface area contributed by atoms with Crippen LogP contribution in [-0.4, -0.2) is 72.7 Å². The van der Waals surface area contributed by atoms with Crippen molar-refractivity contribution in [3.63, 3.8) is 0 Å². The van der Waals surface area contributed by atoms with Crippen molar-refractivity contribution < 1.29 is 19.2 Å². The van der Waals surface area contributed by atoms with E-state index in [2.05, 4.69) is 24.5 Å². The second-order valence-electron chi connectivity index (χ2n) is 10.9. The van der Waals surface area contributed by atoms with E-state index < -0.39 is 0 Å². The average molecular weight is 680 g/mol. The Kier molecular flexibility index (Phi) is 13.1. The van der Waals surface area contributed by atoms with Crippen LogP contribution >= 0.6 is 34.0 Å². The number of imide groups is 2. The molecule has 2 aromatic carbocycles. The molecule has 0 aliphatic carbocycles. The molecule has 0 fully saturated rings. The number of nitrogens with zero attached hydrogens (tertiary/aromatic N) is 2. The highest BCUT2D eigenvalue weighted by molar-refractivity contribution is 8.93. The normalized spacial score (nSPS) is 14.2. The first-order valence-electron chi connectivity index (χ1n) is 13.6. The van der Waals surface area contributed by atoms with Crippen molar-refractivity contribution in [2.75, 3.05) is 39.3 Å². The van der Waals surface area contributed by atoms with Gasteiger partial charge < -0.3 is 10.6 Å². The van der Waals surface area contributed by atoms with Crippen LogP contribution < -0.4 is 10.6 Å². The molecular formula is C30H40Br2N4O4. The fraction of sp³-hybridized carbons (Fsp3) is 0.467. The summed E-state index contributed by atoms with van der Waals surface area (Å²) in [6.45, 7) is 8.31. The first-order chi connectivity index (χ1) is 18.3. The third kappa shape index (κ3) is 8.09. The zero-order chi connectivity index (χ0) is 27.1. The van der Waals surface area contributed by atoms with Crippen LogP contribution in [0.25, 0.3) is 0 Å². The summed E-state index contributed by atoms with van der Waals surface area (Å²) in [6.07, 6.45) is 5.15. The number of hydrogen-bond acceptors (Lipinski definition) is 6. The van der Waals surface area contributed by atoms with Crippen LogP contribution in [0.3, 0.4) is 0 Å². The quantitative estimate of drug-likeness (QED) is 0.206. The third-order valence-electron chi connectivity index (χ3n) is 7.14. The minimum atomic E-state index is -0.218. The van der Waals surface area contributed by atoms with Crippen LogP contribution in [0.2, 0.25) is 0 Å². The summed E-state index contributed by atoms with van der Waals surface area (Å²) in [5.41, 5.74) is 1.79. The zero-order valence-corrected chi connectivity index (χ0v) is 26.7. The predicted octanol–water partition coefficient (Wildman–Crippen LogP) is 4.89. The van der Waals surface area contributed by atoms with Crippen LogP contribution in [0.1, 0.15) is 87.4 Å². The number of rotatable bonds is 15. The molecule has 0 saturated carbocycles. The fourth-order valence-electron chi connectivity index (χ4n) is 5.08. The lowest BCUT2D eigenvalue weighted by Crippen LogP contribution is -2.43. The molecule has 0 unspecified atom stereocenters. The maximum absolute atomic E-state index is 12.6. The number of carbonyl (C=O) groups excluding carboxylic acids is 4. The number of carbonyl (C=O) groups is 4. The molecule has 4 rings (SSSR count). The topological polar surface area (TPSA) is 98.8 Å². The highest BCUT2D eigenvalue weighted by Crippen LogP contribution is 2.27. The molecule has 218 valence electrons. The Hall–Kier alpha value is -2.40. The summed E-state index contributed by atoms with van der Waals surface area (Å²) < 4.78 is 0. The molecule has 10 heteroatoms. The van der Waals surface area contributed by atoms with Gasteiger partial charge in [-0.15, -0.1) is 34.0 Å². The van der Waals surface area contributed by atoms with Crippen LogP contribution in [0, 0.1) is 5.41 Å². The van der Waals surface area contributed by atoms with Crippen molar-refractivity contribution in [1.82, 2.24) is 20.4 Å². The van der Waals surface area contributed by atoms with E-state index in [9.17, 15) is 19.2 Å². The molecule has 4 amide bonds. The predicted molar refractivity (Wildman–Crippen MR) is 167 cm³/mol. The van der Waals surface area contributed by atoms with Gasteiger partial charge in [-0.2, -0.15) is 0 Å². The van der Waals surface area contributed by atoms with Gasteiger partial charge in [0.2, 0.25) is 0 Å². The maximum atomic E-state index is 12.6. The lowest BCUT2D eigenvalue weighted by Gasteiger charge is -2.29. The first-order valence-corrected chi connectivity index (χ1v) is 13.6. The van der Waals surface area contributed by atoms with E-state index in [1.165, 1.54) is 9.80 Å². The van der Waals surface area contributed by atoms with E-state index in [0.717, 1.165) is 58.3 Å². The SMILES string of the molecule is Br.Br.CC(C)(CNCCCCCCNCCCN1C(=O)c2ccccc2C1=O)CN1C(=O)c2ccccc2C1=O. The van der Waals surface area contributed by atoms with Crippen molar-refractivity contribution in [2.45, 2.75) is 46.0 Å². The molecule has 40 heavy (non-hydrogen) atoms. The molecule has 2 aromatic rings. The van der Waals surface area contributed by atoms with Gasteiger partial charge in [0.15, 0.2) is 0 Å². The van der Waals surface area contributed by atoms with E-state index in [1.54, 1.807) is 48.5 Å². The van der Waals surface area contributed by atoms with Gasteiger partial charge in [0, 0.05) is 19.6 Å². The minimum absolute atomic E-state index is 0. The molecule has 2 aliphatic heterocycles. The van der Waals surface area contributed by atoms with Gasteiger partial charge in [0.05, 0.1) is 22.3 Å². The number of unbranched alkanes of at least 4 members (excludes halogenated alkanes) is 3. The molecule has 8 nitrogen and oxygen atoms in total. The standard InChI is InChI=1S/C30H38N4O4.2BrH/c1-30(2,21-34-28(37)24-14-7-8-15-25(24)29(34)38)20-32-17-10-4-3-9-16-31-18-11-19-33-26(35)22-12-5-6-13-23(22)27(33)36;;/h5-8,12-15,31-32H,3-4,9-11,16-21H2,1-2H3;2*1H. The summed E-state index contributed by atoms with van der Waals surface area (Å²) in [7, 11) is 0. The molecule has 0 aromatic heterocycles. The monoisotopic (exact) mass is 678 g/mol. The van der Waals surface area contributed by atoms with Gasteiger partial charge in [-0.25, -0.2) is 0 Å². The average Bonchev–Trinajstić information content (AvgIpc) is 3.29. The van der Waals surface area contributed by atoms with Crippen molar-refractivity contribution in [3.8, 4) is 0 Å². The van der Waals surface area contributed by atoms with Gasteiger partial charge in [0.25, 0.3) is 23.6 Å². The Labute approximate surface area is 257 Å². The number of hydrogen-bond donors (Lipinski definition) is 2. The number of benzene rings is 2. The van der Waals surface area contributed by atoms with Crippen LogP contribution in [0.15, 0.2) is 48.5 Å². The van der Waals surface area contributed by atoms with Crippen LogP contribution in [-0.2, 0) is 0 Å². The summed E-state index contributed by atoms with van der Waals surface area (Å²) in [4.78, 5) is 52.7. The van der Waals surface area contributed by atoms with Crippen molar-refractivity contribution >= 4 is 57.6 Å². The van der Waals surface area contributed by atoms with Crippen molar-refractivity contribution in [3.05, 3.63) is 70.8 Å². The molecule has 0 spiro atoms. The Morgan fingerprint density at radius 3 is 1.45 bits per heavy atom. The third-order valence-corrected chi connectivity index (χ3v) is 7.14. The summed E-state index contributed by atoms with van der Waals surface area (Å²) in [5.74, 6) is -0.774. The Morgan fingerprint density at radius 2 is 0.975 bits per heavy atom. The van der Waals surface area contributed by atoms with Gasteiger partial charge >= 0.3 is 0 Å². The Balaban J connectivity index is 0.00000280. The molecular weight excluding hydrogens is 640 g/mol. The summed E-state index contributed by atoms with van der Waals surface area (Å²) >= 11 is 0. The van der Waals surface area contributed by atoms with E-state index in [1.807, 2.05) is 0 Å². The van der Waals surface area contributed by atoms with Gasteiger partial charge in [-0.05, 0) is 68.6 Å². The van der Waals surface area contributed by atoms with E-state index in [-0.39, 0.29) is 63.0 Å². The van der Waals surface area contributed by atoms with Crippen molar-refractivity contribution in [2.24, 2.45) is 5.41 Å². The molecule has 2 heterocycles. The smallest absolute Gasteiger partial charge is 0.261 e. The second kappa shape index (κ2) is 15.6. The number of nitrogens with one attached hydrogen (secondary N) is 2. The second-order valence-corrected chi connectivity index (χ2v) is 10.9. The lowest BCUT2D eigenvalue weighted by molar-refractivity contribution is 0.0587. The lowest BCUT2D eigenvalue weighted by atomic mass is 9.92. The number of fused-ring (bicyclic) bond motifs is 2. The number of halogens is 2. The van der Waals surface area contributed by atoms with Crippen LogP contribution in [0.4, 0.5) is 0 Å². The van der Waals surface area contributed by atoms with E-state index in [0.29, 0.717) is 35.3 Å². The molecule has 2 aliphatic rings. The van der Waals surface area contributed by atoms with Gasteiger partial charge in [-0.1, -0.05) is 51.0 Å². The van der Waals surface area contributed by atoms with Crippen molar-refractivity contribution in [1.29, 1.82) is 0 Å². The van der Waals surface area contributed by atoms with Gasteiger partial charge in [-0.3, -0.25) is 29.0 Å². The largest absolute Gasteiger partial charge is 0.317 e. The fourth-order valence-corrected chi connectivity index (χ4v) is 5.08. The number of amides is 4. The highest BCUT2D eigenvalue weighted by atomic mass is 79.9. The molecule has 2 N–H and O–H groups in total.